The summed E-state index contributed by atoms with van der Waals surface area (Å²) in [4.78, 5) is 57.1. The predicted octanol–water partition coefficient (Wildman–Crippen LogP) is 4.36. The van der Waals surface area contributed by atoms with Crippen molar-refractivity contribution in [2.45, 2.75) is 36.5 Å². The lowest BCUT2D eigenvalue weighted by molar-refractivity contribution is -0.145. The molecule has 3 aromatic rings. The molecule has 1 saturated heterocycles. The van der Waals surface area contributed by atoms with Crippen molar-refractivity contribution < 1.29 is 23.9 Å². The molecule has 3 heterocycles. The number of thiazole rings is 1. The Kier molecular flexibility index (Phi) is 6.16. The van der Waals surface area contributed by atoms with Crippen LogP contribution < -0.4 is 14.5 Å². The molecule has 7 atom stereocenters. The van der Waals surface area contributed by atoms with Crippen LogP contribution in [0.1, 0.15) is 35.3 Å². The number of nitrogens with one attached hydrogen (secondary N) is 1. The molecule has 2 bridgehead atoms. The van der Waals surface area contributed by atoms with Crippen LogP contribution in [0.4, 0.5) is 5.69 Å². The van der Waals surface area contributed by atoms with Crippen molar-refractivity contribution in [1.29, 1.82) is 0 Å². The monoisotopic (exact) mass is 576 g/mol. The lowest BCUT2D eigenvalue weighted by atomic mass is 9.68. The van der Waals surface area contributed by atoms with Gasteiger partial charge in [-0.2, -0.15) is 0 Å². The molecule has 0 spiro atoms. The van der Waals surface area contributed by atoms with Crippen LogP contribution in [0.15, 0.2) is 58.4 Å². The van der Waals surface area contributed by atoms with Gasteiger partial charge in [0.05, 0.1) is 29.2 Å². The van der Waals surface area contributed by atoms with Gasteiger partial charge in [-0.05, 0) is 67.9 Å². The topological polar surface area (TPSA) is 106 Å². The number of rotatable bonds is 6. The molecule has 40 heavy (non-hydrogen) atoms. The number of carbonyl (C=O) groups excluding carboxylic acids is 3. The molecular weight excluding hydrogens is 548 g/mol. The number of benzene rings is 2. The number of hydrogen-bond donors (Lipinski definition) is 1. The second kappa shape index (κ2) is 9.62. The standard InChI is InChI=1S/C30H28N2O6S2/c1-3-37-20(33)13-38-17-10-6-15(7-11-17)21-22-18-12-19(25(22)39-27-26(21)40-30(36)31-27)24-23(18)28(34)32(29(24)35)16-8-4-14(2)5-9-16/h4-11,18-19,21-25H,3,12-13H2,1-2H3,(H,31,36)/t18?,19?,21-,22?,23?,24?,25?/m1/s1. The summed E-state index contributed by atoms with van der Waals surface area (Å²) >= 11 is 2.91. The van der Waals surface area contributed by atoms with Gasteiger partial charge in [0.15, 0.2) is 6.61 Å². The van der Waals surface area contributed by atoms with Crippen LogP contribution in [-0.4, -0.2) is 41.2 Å². The molecule has 2 amide bonds. The SMILES string of the molecule is CCOC(=O)COc1ccc([C@H]2c3sc(=O)[nH]c3SC3C4CC(C5C(=O)N(c6ccc(C)cc6)C(=O)C45)C32)cc1. The number of aromatic nitrogens is 1. The third-order valence-corrected chi connectivity index (χ3v) is 11.5. The van der Waals surface area contributed by atoms with E-state index in [4.69, 9.17) is 9.47 Å². The summed E-state index contributed by atoms with van der Waals surface area (Å²) in [6.07, 6.45) is 0.841. The molecule has 2 saturated carbocycles. The number of hydrogen-bond acceptors (Lipinski definition) is 8. The van der Waals surface area contributed by atoms with E-state index in [0.29, 0.717) is 18.0 Å². The van der Waals surface area contributed by atoms with E-state index >= 15 is 0 Å². The van der Waals surface area contributed by atoms with E-state index in [0.717, 1.165) is 27.5 Å². The smallest absolute Gasteiger partial charge is 0.344 e. The zero-order valence-electron chi connectivity index (χ0n) is 22.0. The number of anilines is 1. The molecule has 10 heteroatoms. The minimum Gasteiger partial charge on any atom is -0.482 e. The van der Waals surface area contributed by atoms with Gasteiger partial charge >= 0.3 is 10.8 Å². The molecule has 1 N–H and O–H groups in total. The maximum atomic E-state index is 13.8. The highest BCUT2D eigenvalue weighted by Gasteiger charge is 2.69. The number of aromatic amines is 1. The van der Waals surface area contributed by atoms with Crippen LogP contribution in [0, 0.1) is 36.5 Å². The molecule has 6 unspecified atom stereocenters. The number of nitrogens with zero attached hydrogens (tertiary/aromatic N) is 1. The Hall–Kier alpha value is -3.37. The number of imide groups is 1. The largest absolute Gasteiger partial charge is 0.482 e. The van der Waals surface area contributed by atoms with Crippen molar-refractivity contribution >= 4 is 46.6 Å². The number of H-pyrrole nitrogens is 1. The van der Waals surface area contributed by atoms with Gasteiger partial charge < -0.3 is 14.5 Å². The molecule has 3 fully saturated rings. The zero-order valence-corrected chi connectivity index (χ0v) is 23.6. The number of esters is 1. The van der Waals surface area contributed by atoms with Crippen molar-refractivity contribution in [1.82, 2.24) is 4.98 Å². The van der Waals surface area contributed by atoms with Crippen molar-refractivity contribution in [3.63, 3.8) is 0 Å². The molecule has 1 aromatic heterocycles. The highest BCUT2D eigenvalue weighted by atomic mass is 32.2. The Labute approximate surface area is 239 Å². The Morgan fingerprint density at radius 2 is 1.70 bits per heavy atom. The van der Waals surface area contributed by atoms with Crippen molar-refractivity contribution in [3.8, 4) is 5.75 Å². The summed E-state index contributed by atoms with van der Waals surface area (Å²) in [5.74, 6) is -0.539. The molecule has 2 aliphatic carbocycles. The van der Waals surface area contributed by atoms with Crippen LogP contribution in [0.3, 0.4) is 0 Å². The summed E-state index contributed by atoms with van der Waals surface area (Å²) in [5, 5.41) is 1.00. The Bertz CT molecular complexity index is 1560. The number of carbonyl (C=O) groups is 3. The Balaban J connectivity index is 1.22. The first-order chi connectivity index (χ1) is 19.4. The summed E-state index contributed by atoms with van der Waals surface area (Å²) in [7, 11) is 0. The minimum absolute atomic E-state index is 0.0505. The molecule has 7 rings (SSSR count). The van der Waals surface area contributed by atoms with Gasteiger partial charge in [0, 0.05) is 16.0 Å². The van der Waals surface area contributed by atoms with E-state index in [2.05, 4.69) is 4.98 Å². The van der Waals surface area contributed by atoms with Crippen LogP contribution in [0.2, 0.25) is 0 Å². The fourth-order valence-electron chi connectivity index (χ4n) is 7.45. The fraction of sp³-hybridized carbons (Fsp3) is 0.400. The number of amides is 2. The highest BCUT2D eigenvalue weighted by molar-refractivity contribution is 8.00. The van der Waals surface area contributed by atoms with Gasteiger partial charge in [-0.3, -0.25) is 19.3 Å². The van der Waals surface area contributed by atoms with Gasteiger partial charge in [-0.25, -0.2) is 4.79 Å². The summed E-state index contributed by atoms with van der Waals surface area (Å²) < 4.78 is 10.5. The summed E-state index contributed by atoms with van der Waals surface area (Å²) in [6, 6.07) is 15.2. The molecule has 2 aliphatic heterocycles. The van der Waals surface area contributed by atoms with Crippen molar-refractivity contribution in [2.75, 3.05) is 18.1 Å². The van der Waals surface area contributed by atoms with E-state index in [9.17, 15) is 19.2 Å². The number of thioether (sulfide) groups is 1. The van der Waals surface area contributed by atoms with Gasteiger partial charge in [-0.15, -0.1) is 11.8 Å². The average molecular weight is 577 g/mol. The third-order valence-electron chi connectivity index (χ3n) is 8.92. The maximum absolute atomic E-state index is 13.8. The third kappa shape index (κ3) is 3.87. The normalized spacial score (nSPS) is 29.8. The lowest BCUT2D eigenvalue weighted by Gasteiger charge is -2.43. The Morgan fingerprint density at radius 3 is 2.40 bits per heavy atom. The summed E-state index contributed by atoms with van der Waals surface area (Å²) in [5.41, 5.74) is 2.75. The highest BCUT2D eigenvalue weighted by Crippen LogP contribution is 2.68. The van der Waals surface area contributed by atoms with E-state index < -0.39 is 5.97 Å². The number of aryl methyl sites for hydroxylation is 1. The van der Waals surface area contributed by atoms with Gasteiger partial charge in [0.2, 0.25) is 11.8 Å². The van der Waals surface area contributed by atoms with Crippen LogP contribution >= 0.6 is 23.1 Å². The second-order valence-electron chi connectivity index (χ2n) is 11.0. The molecule has 8 nitrogen and oxygen atoms in total. The van der Waals surface area contributed by atoms with E-state index in [1.807, 2.05) is 55.5 Å². The summed E-state index contributed by atoms with van der Waals surface area (Å²) in [6.45, 7) is 3.86. The number of fused-ring (bicyclic) bond motifs is 9. The van der Waals surface area contributed by atoms with Crippen molar-refractivity contribution in [2.24, 2.45) is 29.6 Å². The van der Waals surface area contributed by atoms with Gasteiger partial charge in [-0.1, -0.05) is 41.2 Å². The molecule has 0 radical (unpaired) electrons. The van der Waals surface area contributed by atoms with E-state index in [1.54, 1.807) is 18.7 Å². The fourth-order valence-corrected chi connectivity index (χ4v) is 10.3. The minimum atomic E-state index is -0.424. The van der Waals surface area contributed by atoms with Crippen LogP contribution in [0.5, 0.6) is 5.75 Å². The predicted molar refractivity (Wildman–Crippen MR) is 151 cm³/mol. The first kappa shape index (κ1) is 25.6. The zero-order chi connectivity index (χ0) is 27.7. The molecule has 2 aromatic carbocycles. The van der Waals surface area contributed by atoms with Crippen molar-refractivity contribution in [3.05, 3.63) is 74.2 Å². The quantitative estimate of drug-likeness (QED) is 0.343. The number of ether oxygens (including phenoxy) is 2. The molecular formula is C30H28N2O6S2. The average Bonchev–Trinajstić information content (AvgIpc) is 3.67. The Morgan fingerprint density at radius 1 is 1.00 bits per heavy atom. The van der Waals surface area contributed by atoms with E-state index in [1.165, 1.54) is 16.2 Å². The van der Waals surface area contributed by atoms with Crippen LogP contribution in [-0.2, 0) is 19.1 Å². The maximum Gasteiger partial charge on any atom is 0.344 e. The van der Waals surface area contributed by atoms with Gasteiger partial charge in [0.1, 0.15) is 5.75 Å². The molecule has 206 valence electrons. The lowest BCUT2D eigenvalue weighted by Crippen LogP contribution is -2.42. The van der Waals surface area contributed by atoms with Gasteiger partial charge in [0.25, 0.3) is 0 Å². The van der Waals surface area contributed by atoms with E-state index in [-0.39, 0.29) is 64.1 Å². The first-order valence-corrected chi connectivity index (χ1v) is 15.3. The molecule has 4 aliphatic rings. The first-order valence-electron chi connectivity index (χ1n) is 13.6. The van der Waals surface area contributed by atoms with Crippen LogP contribution in [0.25, 0.3) is 0 Å². The second-order valence-corrected chi connectivity index (χ2v) is 13.2.